The van der Waals surface area contributed by atoms with E-state index in [9.17, 15) is 9.90 Å². The quantitative estimate of drug-likeness (QED) is 0.683. The van der Waals surface area contributed by atoms with Crippen LogP contribution in [-0.2, 0) is 4.79 Å². The topological polar surface area (TPSA) is 37.3 Å². The fourth-order valence-electron chi connectivity index (χ4n) is 2.45. The number of thioether (sulfide) groups is 2. The number of benzene rings is 2. The minimum absolute atomic E-state index is 0.00189. The maximum absolute atomic E-state index is 12.6. The van der Waals surface area contributed by atoms with Crippen molar-refractivity contribution >= 4 is 28.6 Å². The van der Waals surface area contributed by atoms with Gasteiger partial charge in [-0.2, -0.15) is 0 Å². The summed E-state index contributed by atoms with van der Waals surface area (Å²) in [5.74, 6) is -0.434. The van der Waals surface area contributed by atoms with Gasteiger partial charge in [-0.05, 0) is 37.6 Å². The molecule has 0 amide bonds. The zero-order valence-electron chi connectivity index (χ0n) is 14.3. The van der Waals surface area contributed by atoms with E-state index in [-0.39, 0.29) is 5.12 Å². The van der Waals surface area contributed by atoms with Gasteiger partial charge < -0.3 is 5.11 Å². The Kier molecular flexibility index (Phi) is 6.96. The third kappa shape index (κ3) is 4.88. The van der Waals surface area contributed by atoms with Crippen LogP contribution >= 0.6 is 23.5 Å². The van der Waals surface area contributed by atoms with Crippen molar-refractivity contribution in [1.29, 1.82) is 0 Å². The zero-order valence-corrected chi connectivity index (χ0v) is 15.9. The van der Waals surface area contributed by atoms with Crippen molar-refractivity contribution in [3.8, 4) is 0 Å². The van der Waals surface area contributed by atoms with Gasteiger partial charge in [-0.1, -0.05) is 62.0 Å². The molecule has 2 nitrogen and oxygen atoms in total. The van der Waals surface area contributed by atoms with Gasteiger partial charge in [0, 0.05) is 14.5 Å². The average Bonchev–Trinajstić information content (AvgIpc) is 2.62. The molecule has 0 radical (unpaired) electrons. The first-order chi connectivity index (χ1) is 11.5. The van der Waals surface area contributed by atoms with Crippen LogP contribution in [0.1, 0.15) is 27.2 Å². The summed E-state index contributed by atoms with van der Waals surface area (Å²) in [6, 6.07) is 19.6. The predicted octanol–water partition coefficient (Wildman–Crippen LogP) is 5.26. The summed E-state index contributed by atoms with van der Waals surface area (Å²) in [6.45, 7) is 5.91. The maximum atomic E-state index is 12.6. The standard InChI is InChI=1S/C20H24O2S2/c1-4-20(3,24-17-13-9-6-10-14-17)18(21)15(2)19(22)23-16-11-7-5-8-12-16/h5-15,18,21H,4H2,1-3H3/t15-,18-,20+/m0/s1. The van der Waals surface area contributed by atoms with Crippen molar-refractivity contribution in [2.45, 2.75) is 47.8 Å². The minimum Gasteiger partial charge on any atom is -0.391 e. The highest BCUT2D eigenvalue weighted by Crippen LogP contribution is 2.41. The molecule has 0 saturated carbocycles. The van der Waals surface area contributed by atoms with Crippen LogP contribution < -0.4 is 0 Å². The lowest BCUT2D eigenvalue weighted by molar-refractivity contribution is -0.117. The first-order valence-electron chi connectivity index (χ1n) is 8.15. The second-order valence-corrected chi connectivity index (χ2v) is 8.74. The number of carbonyl (C=O) groups excluding carboxylic acids is 1. The number of hydrogen-bond acceptors (Lipinski definition) is 4. The van der Waals surface area contributed by atoms with Gasteiger partial charge in [-0.25, -0.2) is 0 Å². The Morgan fingerprint density at radius 1 is 1.04 bits per heavy atom. The molecular formula is C20H24O2S2. The number of hydrogen-bond donors (Lipinski definition) is 1. The fraction of sp³-hybridized carbons (Fsp3) is 0.350. The van der Waals surface area contributed by atoms with E-state index >= 15 is 0 Å². The monoisotopic (exact) mass is 360 g/mol. The third-order valence-electron chi connectivity index (χ3n) is 4.23. The van der Waals surface area contributed by atoms with Crippen molar-refractivity contribution in [1.82, 2.24) is 0 Å². The van der Waals surface area contributed by atoms with Crippen molar-refractivity contribution in [2.24, 2.45) is 5.92 Å². The van der Waals surface area contributed by atoms with Crippen LogP contribution in [0.5, 0.6) is 0 Å². The molecule has 0 aromatic heterocycles. The van der Waals surface area contributed by atoms with Gasteiger partial charge in [0.25, 0.3) is 0 Å². The second kappa shape index (κ2) is 8.75. The fourth-order valence-corrected chi connectivity index (χ4v) is 4.60. The van der Waals surface area contributed by atoms with Crippen LogP contribution in [0.25, 0.3) is 0 Å². The first kappa shape index (κ1) is 19.1. The summed E-state index contributed by atoms with van der Waals surface area (Å²) < 4.78 is -0.409. The minimum atomic E-state index is -0.712. The average molecular weight is 361 g/mol. The van der Waals surface area contributed by atoms with Gasteiger partial charge in [-0.15, -0.1) is 11.8 Å². The Hall–Kier alpha value is -1.23. The van der Waals surface area contributed by atoms with Gasteiger partial charge in [0.15, 0.2) is 5.12 Å². The van der Waals surface area contributed by atoms with E-state index in [1.165, 1.54) is 11.8 Å². The van der Waals surface area contributed by atoms with E-state index in [1.54, 1.807) is 11.8 Å². The van der Waals surface area contributed by atoms with Crippen LogP contribution in [0, 0.1) is 5.92 Å². The van der Waals surface area contributed by atoms with Crippen LogP contribution in [0.3, 0.4) is 0 Å². The van der Waals surface area contributed by atoms with Gasteiger partial charge in [0.05, 0.1) is 12.0 Å². The molecule has 2 rings (SSSR count). The lowest BCUT2D eigenvalue weighted by atomic mass is 9.91. The molecule has 4 heteroatoms. The largest absolute Gasteiger partial charge is 0.391 e. The Labute approximate surface area is 153 Å². The molecule has 0 aliphatic rings. The van der Waals surface area contributed by atoms with Crippen molar-refractivity contribution < 1.29 is 9.90 Å². The van der Waals surface area contributed by atoms with Crippen molar-refractivity contribution in [2.75, 3.05) is 0 Å². The molecule has 0 spiro atoms. The van der Waals surface area contributed by atoms with Gasteiger partial charge >= 0.3 is 0 Å². The molecule has 0 saturated heterocycles. The van der Waals surface area contributed by atoms with E-state index in [0.29, 0.717) is 0 Å². The lowest BCUT2D eigenvalue weighted by Crippen LogP contribution is -2.42. The molecule has 0 aliphatic carbocycles. The third-order valence-corrected chi connectivity index (χ3v) is 6.81. The van der Waals surface area contributed by atoms with Crippen LogP contribution in [0.15, 0.2) is 70.5 Å². The van der Waals surface area contributed by atoms with E-state index in [2.05, 4.69) is 6.92 Å². The Bertz CT molecular complexity index is 645. The van der Waals surface area contributed by atoms with E-state index in [1.807, 2.05) is 74.5 Å². The van der Waals surface area contributed by atoms with Crippen LogP contribution in [0.2, 0.25) is 0 Å². The Balaban J connectivity index is 2.08. The molecule has 0 heterocycles. The molecule has 3 atom stereocenters. The van der Waals surface area contributed by atoms with Crippen molar-refractivity contribution in [3.05, 3.63) is 60.7 Å². The molecular weight excluding hydrogens is 336 g/mol. The molecule has 0 aliphatic heterocycles. The smallest absolute Gasteiger partial charge is 0.199 e. The number of rotatable bonds is 7. The first-order valence-corrected chi connectivity index (χ1v) is 9.78. The Morgan fingerprint density at radius 2 is 1.54 bits per heavy atom. The zero-order chi connectivity index (χ0) is 17.6. The molecule has 0 bridgehead atoms. The van der Waals surface area contributed by atoms with E-state index in [0.717, 1.165) is 16.2 Å². The van der Waals surface area contributed by atoms with E-state index in [4.69, 9.17) is 0 Å². The highest BCUT2D eigenvalue weighted by molar-refractivity contribution is 8.13. The summed E-state index contributed by atoms with van der Waals surface area (Å²) >= 11 is 2.84. The maximum Gasteiger partial charge on any atom is 0.199 e. The highest BCUT2D eigenvalue weighted by atomic mass is 32.2. The van der Waals surface area contributed by atoms with Gasteiger partial charge in [-0.3, -0.25) is 4.79 Å². The number of aliphatic hydroxyl groups excluding tert-OH is 1. The summed E-state index contributed by atoms with van der Waals surface area (Å²) in [5, 5.41) is 10.9. The Morgan fingerprint density at radius 3 is 2.04 bits per heavy atom. The van der Waals surface area contributed by atoms with Gasteiger partial charge in [0.1, 0.15) is 0 Å². The van der Waals surface area contributed by atoms with Crippen molar-refractivity contribution in [3.63, 3.8) is 0 Å². The molecule has 128 valence electrons. The summed E-state index contributed by atoms with van der Waals surface area (Å²) in [6.07, 6.45) is 0.0675. The molecule has 1 N–H and O–H groups in total. The summed E-state index contributed by atoms with van der Waals surface area (Å²) in [7, 11) is 0. The lowest BCUT2D eigenvalue weighted by Gasteiger charge is -2.35. The normalized spacial score (nSPS) is 16.2. The molecule has 2 aromatic carbocycles. The summed E-state index contributed by atoms with van der Waals surface area (Å²) in [5.41, 5.74) is 0. The van der Waals surface area contributed by atoms with Crippen LogP contribution in [0.4, 0.5) is 0 Å². The highest BCUT2D eigenvalue weighted by Gasteiger charge is 2.38. The van der Waals surface area contributed by atoms with E-state index < -0.39 is 16.8 Å². The van der Waals surface area contributed by atoms with Crippen LogP contribution in [-0.4, -0.2) is 21.1 Å². The summed E-state index contributed by atoms with van der Waals surface area (Å²) in [4.78, 5) is 14.6. The SMILES string of the molecule is CC[C@@](C)(Sc1ccccc1)[C@@H](O)[C@H](C)C(=O)Sc1ccccc1. The number of carbonyl (C=O) groups is 1. The predicted molar refractivity (Wildman–Crippen MR) is 103 cm³/mol. The second-order valence-electron chi connectivity index (χ2n) is 6.05. The molecule has 0 fully saturated rings. The number of aliphatic hydroxyl groups is 1. The molecule has 0 unspecified atom stereocenters. The molecule has 24 heavy (non-hydrogen) atoms. The van der Waals surface area contributed by atoms with Gasteiger partial charge in [0.2, 0.25) is 0 Å². The molecule has 2 aromatic rings.